The van der Waals surface area contributed by atoms with E-state index in [1.807, 2.05) is 0 Å². The number of thioether (sulfide) groups is 1. The summed E-state index contributed by atoms with van der Waals surface area (Å²) in [6.45, 7) is 1.50. The number of hydrogen-bond acceptors (Lipinski definition) is 6. The van der Waals surface area contributed by atoms with Gasteiger partial charge in [0, 0.05) is 11.1 Å². The summed E-state index contributed by atoms with van der Waals surface area (Å²) < 4.78 is 45.3. The topological polar surface area (TPSA) is 98.4 Å². The monoisotopic (exact) mass is 516 g/mol. The fraction of sp³-hybridized carbons (Fsp3) is 0.125. The lowest BCUT2D eigenvalue weighted by atomic mass is 10.2. The van der Waals surface area contributed by atoms with Gasteiger partial charge in [0.2, 0.25) is 5.88 Å². The molecule has 0 spiro atoms. The van der Waals surface area contributed by atoms with Gasteiger partial charge in [-0.15, -0.1) is 0 Å². The molecule has 0 radical (unpaired) electrons. The first-order chi connectivity index (χ1) is 17.1. The Morgan fingerprint density at radius 2 is 1.81 bits per heavy atom. The van der Waals surface area contributed by atoms with Crippen molar-refractivity contribution in [3.05, 3.63) is 94.8 Å². The molecule has 2 aromatic carbocycles. The lowest BCUT2D eigenvalue weighted by Crippen LogP contribution is -2.25. The molecule has 4 aromatic rings. The molecule has 12 heteroatoms. The molecule has 186 valence electrons. The molecule has 2 N–H and O–H groups in total. The first kappa shape index (κ1) is 24.9. The molecule has 0 aliphatic rings. The first-order valence-electron chi connectivity index (χ1n) is 10.5. The van der Waals surface area contributed by atoms with Crippen LogP contribution < -0.4 is 15.7 Å². The number of amides is 1. The largest absolute Gasteiger partial charge is 0.493 e. The van der Waals surface area contributed by atoms with Crippen LogP contribution in [0, 0.1) is 6.92 Å². The maximum atomic E-state index is 13.2. The number of pyridine rings is 1. The third kappa shape index (κ3) is 5.71. The van der Waals surface area contributed by atoms with Crippen LogP contribution in [-0.2, 0) is 6.54 Å². The predicted octanol–water partition coefficient (Wildman–Crippen LogP) is 5.32. The zero-order chi connectivity index (χ0) is 25.9. The average molecular weight is 517 g/mol. The number of carbonyl (C=O) groups is 1. The molecule has 0 aliphatic heterocycles. The Balaban J connectivity index is 1.58. The van der Waals surface area contributed by atoms with Crippen molar-refractivity contribution in [1.29, 1.82) is 0 Å². The van der Waals surface area contributed by atoms with Crippen LogP contribution in [0.5, 0.6) is 11.6 Å². The highest BCUT2D eigenvalue weighted by Crippen LogP contribution is 2.37. The Bertz CT molecular complexity index is 1430. The minimum Gasteiger partial charge on any atom is -0.493 e. The minimum absolute atomic E-state index is 0.0310. The van der Waals surface area contributed by atoms with E-state index in [2.05, 4.69) is 10.3 Å². The third-order valence-corrected chi connectivity index (χ3v) is 5.86. The van der Waals surface area contributed by atoms with E-state index in [1.165, 1.54) is 48.1 Å². The molecule has 0 saturated carbocycles. The van der Waals surface area contributed by atoms with Gasteiger partial charge in [-0.3, -0.25) is 14.9 Å². The van der Waals surface area contributed by atoms with Gasteiger partial charge in [0.25, 0.3) is 0 Å². The fourth-order valence-electron chi connectivity index (χ4n) is 3.43. The number of nitrogens with one attached hydrogen (secondary N) is 1. The van der Waals surface area contributed by atoms with E-state index in [-0.39, 0.29) is 40.5 Å². The SMILES string of the molecule is Cc1c(O)n(-c2ccc(SC(F)(F)F)cc2)c(=O)n1Cc1ccncc1NC(=O)Oc1ccccc1. The average Bonchev–Trinajstić information content (AvgIpc) is 3.03. The smallest absolute Gasteiger partial charge is 0.446 e. The van der Waals surface area contributed by atoms with Gasteiger partial charge < -0.3 is 9.84 Å². The van der Waals surface area contributed by atoms with Crippen molar-refractivity contribution in [1.82, 2.24) is 14.1 Å². The fourth-order valence-corrected chi connectivity index (χ4v) is 3.97. The van der Waals surface area contributed by atoms with Crippen LogP contribution >= 0.6 is 11.8 Å². The van der Waals surface area contributed by atoms with E-state index in [4.69, 9.17) is 4.74 Å². The van der Waals surface area contributed by atoms with Crippen molar-refractivity contribution in [2.75, 3.05) is 5.32 Å². The molecule has 8 nitrogen and oxygen atoms in total. The van der Waals surface area contributed by atoms with Crippen molar-refractivity contribution >= 4 is 23.5 Å². The van der Waals surface area contributed by atoms with Gasteiger partial charge in [-0.1, -0.05) is 18.2 Å². The molecular formula is C24H19F3N4O4S. The van der Waals surface area contributed by atoms with Gasteiger partial charge in [-0.2, -0.15) is 13.2 Å². The number of carbonyl (C=O) groups excluding carboxylic acids is 1. The number of aromatic nitrogens is 3. The number of nitrogens with zero attached hydrogens (tertiary/aromatic N) is 3. The summed E-state index contributed by atoms with van der Waals surface area (Å²) in [4.78, 5) is 29.4. The molecule has 0 fully saturated rings. The van der Waals surface area contributed by atoms with Crippen molar-refractivity contribution < 1.29 is 27.8 Å². The number of alkyl halides is 3. The Labute approximate surface area is 207 Å². The van der Waals surface area contributed by atoms with Gasteiger partial charge in [-0.25, -0.2) is 14.2 Å². The van der Waals surface area contributed by atoms with Crippen molar-refractivity contribution in [3.63, 3.8) is 0 Å². The van der Waals surface area contributed by atoms with E-state index in [1.54, 1.807) is 36.4 Å². The normalized spacial score (nSPS) is 11.3. The minimum atomic E-state index is -4.44. The molecular weight excluding hydrogens is 497 g/mol. The molecule has 0 saturated heterocycles. The molecule has 1 amide bonds. The number of imidazole rings is 1. The molecule has 2 heterocycles. The summed E-state index contributed by atoms with van der Waals surface area (Å²) >= 11 is -0.276. The number of hydrogen-bond donors (Lipinski definition) is 2. The number of ether oxygens (including phenoxy) is 1. The molecule has 0 aliphatic carbocycles. The predicted molar refractivity (Wildman–Crippen MR) is 128 cm³/mol. The van der Waals surface area contributed by atoms with Gasteiger partial charge >= 0.3 is 17.3 Å². The molecule has 0 bridgehead atoms. The van der Waals surface area contributed by atoms with Crippen molar-refractivity contribution in [3.8, 4) is 17.3 Å². The molecule has 2 aromatic heterocycles. The summed E-state index contributed by atoms with van der Waals surface area (Å²) in [6, 6.07) is 15.1. The van der Waals surface area contributed by atoms with Gasteiger partial charge in [0.15, 0.2) is 0 Å². The summed E-state index contributed by atoms with van der Waals surface area (Å²) in [6.07, 6.45) is 2.13. The lowest BCUT2D eigenvalue weighted by Gasteiger charge is -2.12. The Hall–Kier alpha value is -4.19. The number of para-hydroxylation sites is 1. The van der Waals surface area contributed by atoms with Crippen LogP contribution in [0.25, 0.3) is 5.69 Å². The molecule has 4 rings (SSSR count). The first-order valence-corrected chi connectivity index (χ1v) is 11.3. The van der Waals surface area contributed by atoms with E-state index in [0.29, 0.717) is 17.0 Å². The second-order valence-corrected chi connectivity index (χ2v) is 8.65. The molecule has 0 atom stereocenters. The number of halogens is 3. The molecule has 0 unspecified atom stereocenters. The molecule has 36 heavy (non-hydrogen) atoms. The number of benzene rings is 2. The summed E-state index contributed by atoms with van der Waals surface area (Å²) in [5.74, 6) is -0.0163. The van der Waals surface area contributed by atoms with E-state index in [9.17, 15) is 27.9 Å². The quantitative estimate of drug-likeness (QED) is 0.337. The maximum absolute atomic E-state index is 13.2. The summed E-state index contributed by atoms with van der Waals surface area (Å²) in [5, 5.41) is 13.2. The van der Waals surface area contributed by atoms with Crippen molar-refractivity contribution in [2.45, 2.75) is 23.9 Å². The highest BCUT2D eigenvalue weighted by atomic mass is 32.2. The van der Waals surface area contributed by atoms with Crippen LogP contribution in [-0.4, -0.2) is 30.8 Å². The number of aromatic hydroxyl groups is 1. The third-order valence-electron chi connectivity index (χ3n) is 5.12. The maximum Gasteiger partial charge on any atom is 0.446 e. The highest BCUT2D eigenvalue weighted by molar-refractivity contribution is 8.00. The van der Waals surface area contributed by atoms with Crippen LogP contribution in [0.4, 0.5) is 23.7 Å². The Kier molecular flexibility index (Phi) is 7.06. The van der Waals surface area contributed by atoms with Gasteiger partial charge in [0.05, 0.1) is 29.8 Å². The number of anilines is 1. The summed E-state index contributed by atoms with van der Waals surface area (Å²) in [7, 11) is 0. The van der Waals surface area contributed by atoms with E-state index in [0.717, 1.165) is 4.57 Å². The second kappa shape index (κ2) is 10.2. The zero-order valence-corrected chi connectivity index (χ0v) is 19.5. The van der Waals surface area contributed by atoms with E-state index >= 15 is 0 Å². The standard InChI is InChI=1S/C24H19F3N4O4S/c1-15-21(32)31(17-7-9-19(10-8-17)36-24(25,26)27)23(34)30(15)14-16-11-12-28-13-20(16)29-22(33)35-18-5-3-2-4-6-18/h2-13,32H,14H2,1H3,(H,29,33). The van der Waals surface area contributed by atoms with Crippen LogP contribution in [0.3, 0.4) is 0 Å². The zero-order valence-electron chi connectivity index (χ0n) is 18.7. The lowest BCUT2D eigenvalue weighted by molar-refractivity contribution is -0.0328. The van der Waals surface area contributed by atoms with Gasteiger partial charge in [-0.05, 0) is 66.7 Å². The Morgan fingerprint density at radius 3 is 2.47 bits per heavy atom. The van der Waals surface area contributed by atoms with Crippen LogP contribution in [0.2, 0.25) is 0 Å². The second-order valence-electron chi connectivity index (χ2n) is 7.52. The van der Waals surface area contributed by atoms with Crippen LogP contribution in [0.15, 0.2) is 82.7 Å². The summed E-state index contributed by atoms with van der Waals surface area (Å²) in [5.41, 5.74) is -3.83. The van der Waals surface area contributed by atoms with E-state index < -0.39 is 17.3 Å². The Morgan fingerprint density at radius 1 is 1.11 bits per heavy atom. The highest BCUT2D eigenvalue weighted by Gasteiger charge is 2.29. The van der Waals surface area contributed by atoms with Crippen LogP contribution in [0.1, 0.15) is 11.3 Å². The number of rotatable bonds is 6. The van der Waals surface area contributed by atoms with Gasteiger partial charge in [0.1, 0.15) is 5.75 Å². The van der Waals surface area contributed by atoms with Crippen molar-refractivity contribution in [2.24, 2.45) is 0 Å².